The normalized spacial score (nSPS) is 11.7. The molecule has 4 N–H and O–H groups in total. The molecule has 1 heterocycles. The minimum Gasteiger partial charge on any atom is -0.508 e. The van der Waals surface area contributed by atoms with Crippen LogP contribution in [0.15, 0.2) is 48.5 Å². The van der Waals surface area contributed by atoms with Crippen LogP contribution in [0.25, 0.3) is 11.6 Å². The zero-order valence-corrected chi connectivity index (χ0v) is 14.6. The van der Waals surface area contributed by atoms with Crippen molar-refractivity contribution in [3.05, 3.63) is 65.5 Å². The minimum atomic E-state index is -4.65. The number of alkyl halides is 3. The molecule has 0 atom stereocenters. The van der Waals surface area contributed by atoms with E-state index < -0.39 is 17.5 Å². The Balaban J connectivity index is 2.00. The van der Waals surface area contributed by atoms with Crippen LogP contribution in [0, 0.1) is 11.3 Å². The van der Waals surface area contributed by atoms with E-state index in [1.807, 2.05) is 12.1 Å². The van der Waals surface area contributed by atoms with Crippen molar-refractivity contribution in [1.82, 2.24) is 15.0 Å². The molecule has 0 saturated heterocycles. The van der Waals surface area contributed by atoms with Crippen LogP contribution < -0.4 is 11.1 Å². The quantitative estimate of drug-likeness (QED) is 0.568. The van der Waals surface area contributed by atoms with Gasteiger partial charge in [0.05, 0.1) is 11.1 Å². The number of anilines is 3. The number of phenolic OH excluding ortho intramolecular Hbond substituents is 1. The molecule has 0 radical (unpaired) electrons. The first-order chi connectivity index (χ1) is 13.7. The molecule has 0 saturated carbocycles. The Morgan fingerprint density at radius 3 is 2.48 bits per heavy atom. The summed E-state index contributed by atoms with van der Waals surface area (Å²) < 4.78 is 38.8. The van der Waals surface area contributed by atoms with E-state index in [2.05, 4.69) is 20.3 Å². The largest absolute Gasteiger partial charge is 0.508 e. The molecular weight excluding hydrogens is 385 g/mol. The highest BCUT2D eigenvalue weighted by atomic mass is 19.4. The molecule has 0 aliphatic carbocycles. The summed E-state index contributed by atoms with van der Waals surface area (Å²) in [5, 5.41) is 21.9. The van der Waals surface area contributed by atoms with E-state index in [4.69, 9.17) is 5.73 Å². The maximum atomic E-state index is 12.9. The van der Waals surface area contributed by atoms with Crippen LogP contribution in [0.2, 0.25) is 0 Å². The van der Waals surface area contributed by atoms with Gasteiger partial charge < -0.3 is 16.2 Å². The third-order valence-corrected chi connectivity index (χ3v) is 3.62. The summed E-state index contributed by atoms with van der Waals surface area (Å²) in [5.74, 6) is -0.839. The van der Waals surface area contributed by atoms with E-state index in [1.165, 1.54) is 0 Å². The van der Waals surface area contributed by atoms with Crippen LogP contribution in [0.1, 0.15) is 17.0 Å². The number of aromatic nitrogens is 3. The number of hydrogen-bond acceptors (Lipinski definition) is 7. The number of nitriles is 1. The summed E-state index contributed by atoms with van der Waals surface area (Å²) in [5.41, 5.74) is 5.08. The smallest absolute Gasteiger partial charge is 0.416 e. The summed E-state index contributed by atoms with van der Waals surface area (Å²) in [4.78, 5) is 11.9. The predicted molar refractivity (Wildman–Crippen MR) is 101 cm³/mol. The van der Waals surface area contributed by atoms with Crippen molar-refractivity contribution in [2.75, 3.05) is 11.1 Å². The van der Waals surface area contributed by atoms with Gasteiger partial charge in [0.15, 0.2) is 5.82 Å². The lowest BCUT2D eigenvalue weighted by Crippen LogP contribution is -2.07. The van der Waals surface area contributed by atoms with Crippen molar-refractivity contribution in [2.45, 2.75) is 6.18 Å². The Morgan fingerprint density at radius 1 is 1.10 bits per heavy atom. The van der Waals surface area contributed by atoms with E-state index in [9.17, 15) is 23.5 Å². The number of benzene rings is 2. The van der Waals surface area contributed by atoms with Crippen molar-refractivity contribution in [1.29, 1.82) is 5.26 Å². The highest BCUT2D eigenvalue weighted by Gasteiger charge is 2.31. The second kappa shape index (κ2) is 7.85. The average Bonchev–Trinajstić information content (AvgIpc) is 2.65. The molecule has 0 aliphatic heterocycles. The number of allylic oxidation sites excluding steroid dienone is 1. The Labute approximate surface area is 163 Å². The summed E-state index contributed by atoms with van der Waals surface area (Å²) >= 11 is 0. The summed E-state index contributed by atoms with van der Waals surface area (Å²) in [6.07, 6.45) is -3.53. The van der Waals surface area contributed by atoms with E-state index in [-0.39, 0.29) is 28.9 Å². The molecule has 7 nitrogen and oxygen atoms in total. The summed E-state index contributed by atoms with van der Waals surface area (Å²) in [6, 6.07) is 13.2. The number of aromatic hydroxyl groups is 1. The van der Waals surface area contributed by atoms with E-state index in [1.54, 1.807) is 24.3 Å². The van der Waals surface area contributed by atoms with Gasteiger partial charge in [0.2, 0.25) is 11.9 Å². The van der Waals surface area contributed by atoms with E-state index >= 15 is 0 Å². The lowest BCUT2D eigenvalue weighted by molar-refractivity contribution is -0.137. The zero-order chi connectivity index (χ0) is 21.0. The molecular formula is C19H13F3N6O. The van der Waals surface area contributed by atoms with E-state index in [0.29, 0.717) is 11.8 Å². The van der Waals surface area contributed by atoms with Gasteiger partial charge in [0, 0.05) is 5.69 Å². The minimum absolute atomic E-state index is 0.0505. The molecule has 3 aromatic rings. The van der Waals surface area contributed by atoms with Gasteiger partial charge in [-0.2, -0.15) is 33.4 Å². The van der Waals surface area contributed by atoms with Gasteiger partial charge in [-0.05, 0) is 42.0 Å². The molecule has 146 valence electrons. The van der Waals surface area contributed by atoms with Crippen molar-refractivity contribution in [3.8, 4) is 11.8 Å². The molecule has 0 unspecified atom stereocenters. The van der Waals surface area contributed by atoms with Crippen molar-refractivity contribution >= 4 is 29.2 Å². The predicted octanol–water partition coefficient (Wildman–Crippen LogP) is 3.99. The highest BCUT2D eigenvalue weighted by molar-refractivity contribution is 5.87. The second-order valence-corrected chi connectivity index (χ2v) is 5.81. The van der Waals surface area contributed by atoms with Gasteiger partial charge in [0.1, 0.15) is 11.8 Å². The van der Waals surface area contributed by atoms with Crippen molar-refractivity contribution in [3.63, 3.8) is 0 Å². The summed E-state index contributed by atoms with van der Waals surface area (Å²) in [6.45, 7) is 0. The number of nitrogens with zero attached hydrogens (tertiary/aromatic N) is 4. The summed E-state index contributed by atoms with van der Waals surface area (Å²) in [7, 11) is 0. The number of para-hydroxylation sites is 1. The third kappa shape index (κ3) is 4.98. The molecule has 0 fully saturated rings. The highest BCUT2D eigenvalue weighted by Crippen LogP contribution is 2.33. The molecule has 0 aliphatic rings. The molecule has 10 heteroatoms. The molecule has 0 spiro atoms. The van der Waals surface area contributed by atoms with Crippen LogP contribution in [-0.4, -0.2) is 20.1 Å². The maximum absolute atomic E-state index is 12.9. The Kier molecular flexibility index (Phi) is 5.32. The number of nitrogen functional groups attached to an aromatic ring is 1. The molecule has 1 aromatic heterocycles. The number of nitrogens with one attached hydrogen (secondary N) is 1. The molecule has 0 bridgehead atoms. The topological polar surface area (TPSA) is 121 Å². The fourth-order valence-corrected chi connectivity index (χ4v) is 2.41. The van der Waals surface area contributed by atoms with Crippen LogP contribution in [0.3, 0.4) is 0 Å². The number of phenols is 1. The van der Waals surface area contributed by atoms with Crippen LogP contribution in [-0.2, 0) is 6.18 Å². The monoisotopic (exact) mass is 398 g/mol. The van der Waals surface area contributed by atoms with Crippen molar-refractivity contribution in [2.24, 2.45) is 0 Å². The maximum Gasteiger partial charge on any atom is 0.416 e. The van der Waals surface area contributed by atoms with Gasteiger partial charge in [-0.25, -0.2) is 0 Å². The standard InChI is InChI=1S/C19H13F3N6O/c20-19(21,22)13-7-11(8-15(29)9-13)6-12(10-23)16-26-17(24)28-18(27-16)25-14-4-2-1-3-5-14/h1-9,29H,(H3,24,25,26,27,28)/b12-6+. The lowest BCUT2D eigenvalue weighted by atomic mass is 10.1. The molecule has 29 heavy (non-hydrogen) atoms. The number of nitrogens with two attached hydrogens (primary N) is 1. The zero-order valence-electron chi connectivity index (χ0n) is 14.6. The molecule has 0 amide bonds. The number of halogens is 3. The first-order valence-electron chi connectivity index (χ1n) is 8.11. The van der Waals surface area contributed by atoms with Crippen molar-refractivity contribution < 1.29 is 18.3 Å². The fourth-order valence-electron chi connectivity index (χ4n) is 2.41. The molecule has 3 rings (SSSR count). The van der Waals surface area contributed by atoms with Gasteiger partial charge in [-0.3, -0.25) is 0 Å². The Morgan fingerprint density at radius 2 is 1.83 bits per heavy atom. The van der Waals surface area contributed by atoms with Crippen LogP contribution in [0.4, 0.5) is 30.8 Å². The SMILES string of the molecule is N#C/C(=C\c1cc(O)cc(C(F)(F)F)c1)c1nc(N)nc(Nc2ccccc2)n1. The Bertz CT molecular complexity index is 1110. The molecule has 2 aromatic carbocycles. The first kappa shape index (κ1) is 19.6. The van der Waals surface area contributed by atoms with Gasteiger partial charge in [-0.1, -0.05) is 18.2 Å². The number of rotatable bonds is 4. The second-order valence-electron chi connectivity index (χ2n) is 5.81. The lowest BCUT2D eigenvalue weighted by Gasteiger charge is -2.09. The Hall–Kier alpha value is -4.13. The van der Waals surface area contributed by atoms with Crippen LogP contribution in [0.5, 0.6) is 5.75 Å². The third-order valence-electron chi connectivity index (χ3n) is 3.62. The average molecular weight is 398 g/mol. The number of hydrogen-bond donors (Lipinski definition) is 3. The van der Waals surface area contributed by atoms with Gasteiger partial charge in [-0.15, -0.1) is 0 Å². The first-order valence-corrected chi connectivity index (χ1v) is 8.11. The van der Waals surface area contributed by atoms with Crippen LogP contribution >= 0.6 is 0 Å². The van der Waals surface area contributed by atoms with Gasteiger partial charge >= 0.3 is 6.18 Å². The van der Waals surface area contributed by atoms with E-state index in [0.717, 1.165) is 18.2 Å². The van der Waals surface area contributed by atoms with Gasteiger partial charge in [0.25, 0.3) is 0 Å². The fraction of sp³-hybridized carbons (Fsp3) is 0.0526.